The number of aromatic amines is 1. The topological polar surface area (TPSA) is 150 Å². The third kappa shape index (κ3) is 8.79. The van der Waals surface area contributed by atoms with Gasteiger partial charge in [0.1, 0.15) is 11.4 Å². The number of aromatic nitrogens is 2. The van der Waals surface area contributed by atoms with Crippen LogP contribution >= 0.6 is 0 Å². The average Bonchev–Trinajstić information content (AvgIpc) is 2.54. The molecule has 0 fully saturated rings. The fourth-order valence-electron chi connectivity index (χ4n) is 2.34. The van der Waals surface area contributed by atoms with Crippen molar-refractivity contribution in [2.45, 2.75) is 71.6 Å². The fraction of sp³-hybridized carbons (Fsp3) is 0.667. The molecule has 2 unspecified atom stereocenters. The van der Waals surface area contributed by atoms with E-state index in [1.165, 1.54) is 11.8 Å². The van der Waals surface area contributed by atoms with E-state index in [2.05, 4.69) is 9.97 Å². The molecular formula is C18H29N3O7. The molecule has 1 aromatic heterocycles. The van der Waals surface area contributed by atoms with Crippen molar-refractivity contribution in [3.63, 3.8) is 0 Å². The number of amides is 1. The van der Waals surface area contributed by atoms with Crippen LogP contribution in [0, 0.1) is 6.92 Å². The molecule has 0 saturated carbocycles. The van der Waals surface area contributed by atoms with Crippen molar-refractivity contribution >= 4 is 12.2 Å². The Morgan fingerprint density at radius 1 is 1.32 bits per heavy atom. The van der Waals surface area contributed by atoms with E-state index in [0.29, 0.717) is 19.3 Å². The van der Waals surface area contributed by atoms with Crippen LogP contribution in [0.4, 0.5) is 4.79 Å². The molecule has 0 spiro atoms. The van der Waals surface area contributed by atoms with Crippen LogP contribution in [0.3, 0.4) is 0 Å². The number of carbonyl (C=O) groups excluding carboxylic acids is 3. The van der Waals surface area contributed by atoms with Gasteiger partial charge in [-0.25, -0.2) is 9.78 Å². The van der Waals surface area contributed by atoms with Gasteiger partial charge in [-0.15, -0.1) is 0 Å². The number of hydrogen-bond donors (Lipinski definition) is 3. The minimum Gasteiger partial charge on any atom is -0.502 e. The van der Waals surface area contributed by atoms with Gasteiger partial charge in [0.05, 0.1) is 17.8 Å². The van der Waals surface area contributed by atoms with Gasteiger partial charge >= 0.3 is 12.2 Å². The van der Waals surface area contributed by atoms with Crippen molar-refractivity contribution < 1.29 is 29.3 Å². The molecule has 1 heterocycles. The van der Waals surface area contributed by atoms with E-state index in [0.717, 1.165) is 0 Å². The van der Waals surface area contributed by atoms with E-state index in [9.17, 15) is 19.8 Å². The van der Waals surface area contributed by atoms with Crippen LogP contribution in [0.2, 0.25) is 0 Å². The van der Waals surface area contributed by atoms with Crippen LogP contribution in [-0.2, 0) is 14.3 Å². The summed E-state index contributed by atoms with van der Waals surface area (Å²) in [4.78, 5) is 48.6. The molecule has 10 heteroatoms. The number of carbonyl (C=O) groups is 1. The van der Waals surface area contributed by atoms with E-state index in [1.54, 1.807) is 34.7 Å². The van der Waals surface area contributed by atoms with Crippen molar-refractivity contribution in [1.82, 2.24) is 14.9 Å². The Morgan fingerprint density at radius 3 is 2.29 bits per heavy atom. The maximum absolute atomic E-state index is 12.4. The molecule has 0 aliphatic carbocycles. The summed E-state index contributed by atoms with van der Waals surface area (Å²) < 4.78 is 5.38. The Morgan fingerprint density at radius 2 is 1.86 bits per heavy atom. The number of aliphatic hydroxyl groups is 1. The molecule has 2 atom stereocenters. The quantitative estimate of drug-likeness (QED) is 0.653. The first-order chi connectivity index (χ1) is 12.8. The lowest BCUT2D eigenvalue weighted by Gasteiger charge is -2.30. The monoisotopic (exact) mass is 399 g/mol. The van der Waals surface area contributed by atoms with Crippen LogP contribution in [-0.4, -0.2) is 56.1 Å². The lowest BCUT2D eigenvalue weighted by Crippen LogP contribution is -2.38. The first kappa shape index (κ1) is 25.3. The SMILES string of the molecule is Cc1nc(C(CCCC(C)O)N(C)C(=O)OC(C)(C)C)[nH]c(=O)c1O.O=C=O. The predicted octanol–water partition coefficient (Wildman–Crippen LogP) is 1.66. The van der Waals surface area contributed by atoms with Gasteiger partial charge in [-0.3, -0.25) is 4.79 Å². The second-order valence-electron chi connectivity index (χ2n) is 7.36. The van der Waals surface area contributed by atoms with E-state index < -0.39 is 35.1 Å². The molecule has 28 heavy (non-hydrogen) atoms. The summed E-state index contributed by atoms with van der Waals surface area (Å²) in [7, 11) is 1.57. The molecule has 1 amide bonds. The number of ether oxygens (including phenoxy) is 1. The zero-order chi connectivity index (χ0) is 22.1. The number of H-pyrrole nitrogens is 1. The molecule has 1 aromatic rings. The molecule has 0 radical (unpaired) electrons. The molecule has 0 saturated heterocycles. The molecule has 158 valence electrons. The average molecular weight is 399 g/mol. The minimum atomic E-state index is -0.652. The van der Waals surface area contributed by atoms with Gasteiger partial charge in [0, 0.05) is 7.05 Å². The van der Waals surface area contributed by atoms with Gasteiger partial charge in [0.15, 0.2) is 0 Å². The smallest absolute Gasteiger partial charge is 0.410 e. The highest BCUT2D eigenvalue weighted by Crippen LogP contribution is 2.25. The highest BCUT2D eigenvalue weighted by atomic mass is 16.6. The second kappa shape index (κ2) is 11.2. The van der Waals surface area contributed by atoms with Gasteiger partial charge in [0.25, 0.3) is 5.56 Å². The van der Waals surface area contributed by atoms with Crippen molar-refractivity contribution in [2.75, 3.05) is 7.05 Å². The maximum Gasteiger partial charge on any atom is 0.410 e. The Bertz CT molecular complexity index is 732. The van der Waals surface area contributed by atoms with E-state index in [4.69, 9.17) is 14.3 Å². The first-order valence-corrected chi connectivity index (χ1v) is 8.77. The summed E-state index contributed by atoms with van der Waals surface area (Å²) in [5.41, 5.74) is -1.11. The van der Waals surface area contributed by atoms with Crippen molar-refractivity contribution in [1.29, 1.82) is 0 Å². The number of rotatable bonds is 6. The van der Waals surface area contributed by atoms with Crippen LogP contribution in [0.5, 0.6) is 5.75 Å². The molecule has 1 rings (SSSR count). The lowest BCUT2D eigenvalue weighted by atomic mass is 10.1. The maximum atomic E-state index is 12.4. The van der Waals surface area contributed by atoms with Gasteiger partial charge < -0.3 is 24.8 Å². The number of nitrogens with one attached hydrogen (secondary N) is 1. The number of aromatic hydroxyl groups is 1. The molecule has 3 N–H and O–H groups in total. The number of hydrogen-bond acceptors (Lipinski definition) is 8. The Hall–Kier alpha value is -2.71. The predicted molar refractivity (Wildman–Crippen MR) is 98.5 cm³/mol. The van der Waals surface area contributed by atoms with Crippen LogP contribution in [0.1, 0.15) is 64.5 Å². The molecule has 0 aliphatic heterocycles. The minimum absolute atomic E-state index is 0.192. The highest BCUT2D eigenvalue weighted by Gasteiger charge is 2.28. The summed E-state index contributed by atoms with van der Waals surface area (Å²) in [6.07, 6.45) is 0.913. The number of aliphatic hydroxyl groups excluding tert-OH is 1. The summed E-state index contributed by atoms with van der Waals surface area (Å²) in [5, 5.41) is 19.1. The zero-order valence-electron chi connectivity index (χ0n) is 17.1. The largest absolute Gasteiger partial charge is 0.502 e. The van der Waals surface area contributed by atoms with Gasteiger partial charge in [0.2, 0.25) is 5.75 Å². The molecule has 0 aliphatic rings. The van der Waals surface area contributed by atoms with E-state index >= 15 is 0 Å². The van der Waals surface area contributed by atoms with E-state index in [1.807, 2.05) is 0 Å². The second-order valence-corrected chi connectivity index (χ2v) is 7.36. The molecule has 0 bridgehead atoms. The van der Waals surface area contributed by atoms with Crippen molar-refractivity contribution in [3.8, 4) is 5.75 Å². The standard InChI is InChI=1S/C17H29N3O5.CO2/c1-10(21)8-7-9-12(20(6)16(24)25-17(3,4)5)14-18-11(2)13(22)15(23)19-14;2-1-3/h10,12,21-22H,7-9H2,1-6H3,(H,18,19,23);. The first-order valence-electron chi connectivity index (χ1n) is 8.77. The fourth-order valence-corrected chi connectivity index (χ4v) is 2.34. The van der Waals surface area contributed by atoms with Crippen LogP contribution in [0.15, 0.2) is 4.79 Å². The summed E-state index contributed by atoms with van der Waals surface area (Å²) in [6, 6.07) is -0.541. The Labute approximate surface area is 163 Å². The van der Waals surface area contributed by atoms with Crippen molar-refractivity contribution in [2.24, 2.45) is 0 Å². The highest BCUT2D eigenvalue weighted by molar-refractivity contribution is 5.68. The summed E-state index contributed by atoms with van der Waals surface area (Å²) >= 11 is 0. The number of aryl methyl sites for hydroxylation is 1. The van der Waals surface area contributed by atoms with Crippen molar-refractivity contribution in [3.05, 3.63) is 21.9 Å². The third-order valence-electron chi connectivity index (χ3n) is 3.65. The third-order valence-corrected chi connectivity index (χ3v) is 3.65. The normalized spacial score (nSPS) is 12.8. The van der Waals surface area contributed by atoms with E-state index in [-0.39, 0.29) is 17.7 Å². The summed E-state index contributed by atoms with van der Waals surface area (Å²) in [6.45, 7) is 8.52. The van der Waals surface area contributed by atoms with Crippen LogP contribution < -0.4 is 5.56 Å². The number of nitrogens with zero attached hydrogens (tertiary/aromatic N) is 2. The lowest BCUT2D eigenvalue weighted by molar-refractivity contribution is -0.191. The zero-order valence-corrected chi connectivity index (χ0v) is 17.1. The Balaban J connectivity index is 0.00000227. The molecule has 0 aromatic carbocycles. The van der Waals surface area contributed by atoms with Gasteiger partial charge in [-0.2, -0.15) is 9.59 Å². The van der Waals surface area contributed by atoms with Crippen LogP contribution in [0.25, 0.3) is 0 Å². The van der Waals surface area contributed by atoms with Gasteiger partial charge in [-0.1, -0.05) is 0 Å². The molecular weight excluding hydrogens is 370 g/mol. The summed E-state index contributed by atoms with van der Waals surface area (Å²) in [5.74, 6) is -0.161. The molecule has 10 nitrogen and oxygen atoms in total. The Kier molecular flexibility index (Phi) is 10.1. The van der Waals surface area contributed by atoms with Gasteiger partial charge in [-0.05, 0) is 53.9 Å².